The number of aryl methyl sites for hydroxylation is 13. The summed E-state index contributed by atoms with van der Waals surface area (Å²) < 4.78 is 41.8. The largest absolute Gasteiger partial charge is 0.241 e. The van der Waals surface area contributed by atoms with Crippen molar-refractivity contribution in [2.75, 3.05) is 0 Å². The molecule has 12 heterocycles. The smallest absolute Gasteiger partial charge is 0.232 e. The highest BCUT2D eigenvalue weighted by molar-refractivity contribution is 7.23. The molecule has 0 atom stereocenters. The molecular formula is C121H139FN12S6+6. The molecule has 0 unspecified atom stereocenters. The van der Waals surface area contributed by atoms with Crippen LogP contribution in [0.3, 0.4) is 0 Å². The molecule has 0 N–H and O–H groups in total. The Morgan fingerprint density at radius 2 is 0.500 bits per heavy atom. The Labute approximate surface area is 856 Å². The summed E-state index contributed by atoms with van der Waals surface area (Å²) in [5, 5.41) is 6.30. The average molecular weight is 1970 g/mol. The van der Waals surface area contributed by atoms with E-state index in [9.17, 15) is 4.39 Å². The van der Waals surface area contributed by atoms with Crippen LogP contribution in [0.15, 0.2) is 292 Å². The summed E-state index contributed by atoms with van der Waals surface area (Å²) in [4.78, 5) is 28.7. The first kappa shape index (κ1) is 108. The number of hydrogen-bond acceptors (Lipinski definition) is 12. The topological polar surface area (TPSA) is 101 Å². The number of nitrogens with zero attached hydrogens (tertiary/aromatic N) is 12. The Hall–Kier alpha value is -12.9. The summed E-state index contributed by atoms with van der Waals surface area (Å²) in [5.41, 5.74) is 35.1. The van der Waals surface area contributed by atoms with Crippen molar-refractivity contribution in [3.8, 4) is 99.3 Å². The molecule has 21 rings (SSSR count). The molecule has 0 spiro atoms. The quantitative estimate of drug-likeness (QED) is 0.107. The van der Waals surface area contributed by atoms with Gasteiger partial charge in [0.1, 0.15) is 91.3 Å². The molecule has 19 heteroatoms. The van der Waals surface area contributed by atoms with Crippen molar-refractivity contribution >= 4 is 129 Å². The maximum absolute atomic E-state index is 13.2. The van der Waals surface area contributed by atoms with Crippen LogP contribution in [0.4, 0.5) is 4.39 Å². The van der Waals surface area contributed by atoms with E-state index in [1.807, 2.05) is 67.1 Å². The fourth-order valence-electron chi connectivity index (χ4n) is 17.0. The number of rotatable bonds is 13. The molecule has 21 aromatic rings. The number of benzene rings is 9. The van der Waals surface area contributed by atoms with Gasteiger partial charge in [-0.3, -0.25) is 0 Å². The third-order valence-electron chi connectivity index (χ3n) is 24.2. The molecule has 0 fully saturated rings. The molecule has 0 amide bonds. The van der Waals surface area contributed by atoms with Gasteiger partial charge in [0.15, 0.2) is 37.2 Å². The normalized spacial score (nSPS) is 11.0. The van der Waals surface area contributed by atoms with E-state index in [0.717, 1.165) is 78.8 Å². The third kappa shape index (κ3) is 23.4. The van der Waals surface area contributed by atoms with Gasteiger partial charge in [0, 0.05) is 66.3 Å². The second kappa shape index (κ2) is 47.9. The SMILES string of the molecule is C.C.C.C.C.C.Cc1ccccc1-c1c2sc(-c3c(C(C)C)cccc3C(C)C)nc2cc[n+]1C.Cc1ccccc1-c1c2sc(-c3ccc(F)cc3)nc2cc[n+]1C.Cc1ccccc1-c1c2sc(-c3ccccc3)nc2cc[n+]1C.Cc1ccccc1-c1c2sc(C(C)C)nc2cc[n+]1C.Cc1nc2cc[n+](C)c(-c3ccccc3C)c2s1.[2H]C(C)(C)c1nc2cc[n+](C)c(-c3ccccc3C)c2s1. The molecule has 0 bridgehead atoms. The molecule has 12 aromatic heterocycles. The summed E-state index contributed by atoms with van der Waals surface area (Å²) in [6, 6.07) is 87.1. The van der Waals surface area contributed by atoms with Crippen molar-refractivity contribution in [1.29, 1.82) is 0 Å². The summed E-state index contributed by atoms with van der Waals surface area (Å²) in [7, 11) is 12.5. The van der Waals surface area contributed by atoms with Crippen LogP contribution < -0.4 is 27.4 Å². The predicted octanol–water partition coefficient (Wildman–Crippen LogP) is 32.3. The Balaban J connectivity index is 0.000000174. The first-order valence-corrected chi connectivity index (χ1v) is 50.3. The number of halogens is 1. The van der Waals surface area contributed by atoms with Gasteiger partial charge in [-0.05, 0) is 165 Å². The number of pyridine rings is 6. The lowest BCUT2D eigenvalue weighted by Crippen LogP contribution is -2.30. The molecule has 140 heavy (non-hydrogen) atoms. The van der Waals surface area contributed by atoms with Crippen LogP contribution in [-0.2, 0) is 42.3 Å². The van der Waals surface area contributed by atoms with E-state index in [4.69, 9.17) is 21.3 Å². The maximum Gasteiger partial charge on any atom is 0.232 e. The molecular weight excluding hydrogens is 1830 g/mol. The van der Waals surface area contributed by atoms with E-state index in [-0.39, 0.29) is 50.4 Å². The third-order valence-corrected chi connectivity index (χ3v) is 31.2. The van der Waals surface area contributed by atoms with Crippen LogP contribution in [0, 0.1) is 54.3 Å². The van der Waals surface area contributed by atoms with Crippen molar-refractivity contribution in [3.05, 3.63) is 357 Å². The fraction of sp³-hybridized carbons (Fsp3) is 0.256. The fourth-order valence-corrected chi connectivity index (χ4v) is 23.9. The van der Waals surface area contributed by atoms with Gasteiger partial charge in [0.25, 0.3) is 0 Å². The van der Waals surface area contributed by atoms with E-state index in [2.05, 4.69) is 407 Å². The zero-order chi connectivity index (χ0) is 95.4. The Kier molecular flexibility index (Phi) is 36.8. The molecule has 0 saturated heterocycles. The molecule has 0 aliphatic rings. The zero-order valence-electron chi connectivity index (χ0n) is 81.1. The highest BCUT2D eigenvalue weighted by Gasteiger charge is 2.29. The van der Waals surface area contributed by atoms with Crippen molar-refractivity contribution in [2.24, 2.45) is 42.3 Å². The summed E-state index contributed by atoms with van der Waals surface area (Å²) in [5.74, 6) is 0.505. The first-order valence-electron chi connectivity index (χ1n) is 45.9. The van der Waals surface area contributed by atoms with Gasteiger partial charge in [0.2, 0.25) is 34.2 Å². The second-order valence-corrected chi connectivity index (χ2v) is 41.6. The van der Waals surface area contributed by atoms with Crippen molar-refractivity contribution in [3.63, 3.8) is 0 Å². The number of aromatic nitrogens is 12. The molecule has 0 saturated carbocycles. The number of thiazole rings is 6. The predicted molar refractivity (Wildman–Crippen MR) is 604 cm³/mol. The Morgan fingerprint density at radius 1 is 0.250 bits per heavy atom. The van der Waals surface area contributed by atoms with Gasteiger partial charge < -0.3 is 0 Å². The van der Waals surface area contributed by atoms with Crippen LogP contribution in [0.25, 0.3) is 161 Å². The van der Waals surface area contributed by atoms with Gasteiger partial charge in [-0.2, -0.15) is 27.4 Å². The lowest BCUT2D eigenvalue weighted by atomic mass is 9.89. The molecule has 12 nitrogen and oxygen atoms in total. The maximum atomic E-state index is 13.2. The lowest BCUT2D eigenvalue weighted by molar-refractivity contribution is -0.659. The van der Waals surface area contributed by atoms with E-state index in [1.54, 1.807) is 57.5 Å². The minimum atomic E-state index is -0.661. The van der Waals surface area contributed by atoms with Crippen LogP contribution in [-0.4, -0.2) is 29.9 Å². The van der Waals surface area contributed by atoms with Gasteiger partial charge in [-0.15, -0.1) is 68.0 Å². The highest BCUT2D eigenvalue weighted by atomic mass is 32.1. The minimum Gasteiger partial charge on any atom is -0.241 e. The van der Waals surface area contributed by atoms with Gasteiger partial charge in [0.05, 0.1) is 81.5 Å². The van der Waals surface area contributed by atoms with Gasteiger partial charge in [-0.1, -0.05) is 258 Å². The van der Waals surface area contributed by atoms with Gasteiger partial charge in [-0.25, -0.2) is 34.3 Å². The molecule has 0 aliphatic carbocycles. The molecule has 0 aliphatic heterocycles. The number of fused-ring (bicyclic) bond motifs is 6. The van der Waals surface area contributed by atoms with Crippen LogP contribution >= 0.6 is 68.0 Å². The zero-order valence-corrected chi connectivity index (χ0v) is 85.0. The van der Waals surface area contributed by atoms with E-state index >= 15 is 0 Å². The highest BCUT2D eigenvalue weighted by Crippen LogP contribution is 2.45. The average Bonchev–Trinajstić information content (AvgIpc) is 1.79. The van der Waals surface area contributed by atoms with Crippen LogP contribution in [0.5, 0.6) is 0 Å². The Bertz CT molecular complexity index is 7880. The second-order valence-electron chi connectivity index (χ2n) is 35.3. The summed E-state index contributed by atoms with van der Waals surface area (Å²) in [6.45, 7) is 32.2. The van der Waals surface area contributed by atoms with E-state index < -0.39 is 5.89 Å². The monoisotopic (exact) mass is 1970 g/mol. The first-order chi connectivity index (χ1) is 64.9. The molecule has 0 radical (unpaired) electrons. The molecule has 720 valence electrons. The summed E-state index contributed by atoms with van der Waals surface area (Å²) in [6.07, 6.45) is 12.5. The van der Waals surface area contributed by atoms with Crippen LogP contribution in [0.1, 0.15) is 184 Å². The molecule has 9 aromatic carbocycles. The summed E-state index contributed by atoms with van der Waals surface area (Å²) >= 11 is 10.4. The van der Waals surface area contributed by atoms with E-state index in [0.29, 0.717) is 17.8 Å². The van der Waals surface area contributed by atoms with E-state index in [1.165, 1.54) is 153 Å². The van der Waals surface area contributed by atoms with Crippen molar-refractivity contribution < 1.29 is 33.2 Å². The van der Waals surface area contributed by atoms with Crippen molar-refractivity contribution in [1.82, 2.24) is 29.9 Å². The van der Waals surface area contributed by atoms with Gasteiger partial charge >= 0.3 is 0 Å². The standard InChI is InChI=1S/C26H29N2S.C20H16FN2S.C20H17N2S.2C17H19N2S.C15H15N2S.6CH4/c1-16(2)19-12-9-13-20(17(3)4)23(19)26-27-22-14-15-28(6)24(25(22)29-26)21-11-8-7-10-18(21)5;1-13-5-3-4-6-16(13)18-19-17(11-12-23(18)2)22-20(24-19)14-7-9-15(21)10-8-14;1-14-8-6-7-11-16(14)18-19-17(12-13-22(18)2)21-20(23-19)15-9-4-3-5-10-15;2*1-11(2)17-18-14-9-10-19(4)15(16(14)20-17)13-8-6-5-7-12(13)3;1-10-6-4-5-7-12(10)14-15-13(8-9-17(14)3)16-11(2)18-15;;;;;;/h7-17H,1-6H3;3-12H,1-2H3;3-13H,1-2H3;2*5-11H,1-4H3;4-9H,1-3H3;6*1H4/q6*+1;;;;;;/i;;;11D;;;;;;;;. The number of hydrogen-bond donors (Lipinski definition) is 0. The minimum absolute atomic E-state index is 0. The van der Waals surface area contributed by atoms with Crippen molar-refractivity contribution in [2.45, 2.75) is 172 Å². The lowest BCUT2D eigenvalue weighted by Gasteiger charge is -2.17. The van der Waals surface area contributed by atoms with Crippen LogP contribution in [0.2, 0.25) is 0 Å². The Morgan fingerprint density at radius 3 is 0.800 bits per heavy atom.